The molecule has 0 saturated carbocycles. The molecule has 1 aliphatic heterocycles. The fraction of sp³-hybridized carbons (Fsp3) is 0.320. The fourth-order valence-corrected chi connectivity index (χ4v) is 4.96. The van der Waals surface area contributed by atoms with Crippen LogP contribution in [0.3, 0.4) is 0 Å². The minimum atomic E-state index is -2.58. The molecule has 5 rings (SSSR count). The van der Waals surface area contributed by atoms with E-state index in [1.807, 2.05) is 24.3 Å². The molecule has 2 amide bonds. The summed E-state index contributed by atoms with van der Waals surface area (Å²) < 4.78 is 29.2. The highest BCUT2D eigenvalue weighted by molar-refractivity contribution is 6.03. The molecule has 0 bridgehead atoms. The number of hydrogen-bond donors (Lipinski definition) is 1. The molecule has 1 aliphatic rings. The van der Waals surface area contributed by atoms with Gasteiger partial charge in [-0.3, -0.25) is 14.3 Å². The first-order valence-corrected chi connectivity index (χ1v) is 11.7. The Hall–Kier alpha value is -4.35. The van der Waals surface area contributed by atoms with Gasteiger partial charge in [0, 0.05) is 43.0 Å². The first-order valence-electron chi connectivity index (χ1n) is 11.7. The molecule has 37 heavy (non-hydrogen) atoms. The summed E-state index contributed by atoms with van der Waals surface area (Å²) in [5.41, 5.74) is 8.74. The quantitative estimate of drug-likeness (QED) is 0.443. The van der Waals surface area contributed by atoms with Crippen LogP contribution in [0.15, 0.2) is 48.9 Å². The van der Waals surface area contributed by atoms with Crippen molar-refractivity contribution in [1.82, 2.24) is 29.3 Å². The Bertz CT molecular complexity index is 1510. The van der Waals surface area contributed by atoms with Gasteiger partial charge in [-0.2, -0.15) is 10.2 Å². The van der Waals surface area contributed by atoms with E-state index in [0.717, 1.165) is 5.56 Å². The zero-order chi connectivity index (χ0) is 26.5. The zero-order valence-corrected chi connectivity index (χ0v) is 20.6. The van der Waals surface area contributed by atoms with E-state index in [1.165, 1.54) is 24.1 Å². The van der Waals surface area contributed by atoms with Crippen molar-refractivity contribution in [2.24, 2.45) is 0 Å². The molecular formula is C25H26F2N8O2. The van der Waals surface area contributed by atoms with Crippen molar-refractivity contribution >= 4 is 28.8 Å². The summed E-state index contributed by atoms with van der Waals surface area (Å²) in [4.78, 5) is 32.8. The smallest absolute Gasteiger partial charge is 0.257 e. The summed E-state index contributed by atoms with van der Waals surface area (Å²) in [6.07, 6.45) is 0.195. The van der Waals surface area contributed by atoms with Crippen LogP contribution < -0.4 is 10.6 Å². The van der Waals surface area contributed by atoms with Gasteiger partial charge in [-0.25, -0.2) is 18.3 Å². The molecule has 0 radical (unpaired) electrons. The summed E-state index contributed by atoms with van der Waals surface area (Å²) in [6.45, 7) is 5.13. The molecule has 4 heterocycles. The molecule has 0 atom stereocenters. The number of amides is 2. The summed E-state index contributed by atoms with van der Waals surface area (Å²) >= 11 is 0. The zero-order valence-electron chi connectivity index (χ0n) is 20.6. The number of nitrogens with two attached hydrogens (primary N) is 1. The third-order valence-corrected chi connectivity index (χ3v) is 6.71. The number of anilines is 2. The normalized spacial score (nSPS) is 15.7. The molecule has 4 aromatic rings. The van der Waals surface area contributed by atoms with Crippen molar-refractivity contribution in [1.29, 1.82) is 0 Å². The maximum Gasteiger partial charge on any atom is 0.257 e. The van der Waals surface area contributed by atoms with Gasteiger partial charge in [0.25, 0.3) is 12.3 Å². The van der Waals surface area contributed by atoms with Crippen LogP contribution in [-0.2, 0) is 16.1 Å². The molecule has 0 aliphatic carbocycles. The predicted octanol–water partition coefficient (Wildman–Crippen LogP) is 3.08. The number of halogens is 2. The molecule has 10 nitrogen and oxygen atoms in total. The number of fused-ring (bicyclic) bond motifs is 1. The minimum absolute atomic E-state index is 0.151. The van der Waals surface area contributed by atoms with Gasteiger partial charge >= 0.3 is 0 Å². The highest BCUT2D eigenvalue weighted by Gasteiger charge is 2.43. The maximum absolute atomic E-state index is 13.4. The van der Waals surface area contributed by atoms with Crippen molar-refractivity contribution < 1.29 is 18.4 Å². The monoisotopic (exact) mass is 508 g/mol. The van der Waals surface area contributed by atoms with Crippen molar-refractivity contribution in [3.05, 3.63) is 48.9 Å². The van der Waals surface area contributed by atoms with E-state index in [9.17, 15) is 18.4 Å². The van der Waals surface area contributed by atoms with Crippen molar-refractivity contribution in [3.8, 4) is 22.5 Å². The van der Waals surface area contributed by atoms with Crippen LogP contribution in [0.5, 0.6) is 0 Å². The molecule has 1 fully saturated rings. The number of aromatic nitrogens is 5. The summed E-state index contributed by atoms with van der Waals surface area (Å²) in [5, 5.41) is 8.41. The molecule has 3 aromatic heterocycles. The number of piperazine rings is 1. The number of hydrogen-bond acceptors (Lipinski definition) is 6. The van der Waals surface area contributed by atoms with Gasteiger partial charge < -0.3 is 15.5 Å². The molecule has 1 saturated heterocycles. The minimum Gasteiger partial charge on any atom is -0.382 e. The van der Waals surface area contributed by atoms with E-state index in [4.69, 9.17) is 5.73 Å². The Morgan fingerprint density at radius 1 is 1.14 bits per heavy atom. The second kappa shape index (κ2) is 8.95. The van der Waals surface area contributed by atoms with E-state index in [2.05, 4.69) is 15.2 Å². The molecule has 1 aromatic carbocycles. The lowest BCUT2D eigenvalue weighted by Crippen LogP contribution is -2.64. The Morgan fingerprint density at radius 3 is 2.65 bits per heavy atom. The lowest BCUT2D eigenvalue weighted by atomic mass is 9.96. The van der Waals surface area contributed by atoms with E-state index in [1.54, 1.807) is 40.3 Å². The molecule has 0 unspecified atom stereocenters. The second-order valence-corrected chi connectivity index (χ2v) is 9.38. The predicted molar refractivity (Wildman–Crippen MR) is 134 cm³/mol. The van der Waals surface area contributed by atoms with E-state index in [-0.39, 0.29) is 17.6 Å². The van der Waals surface area contributed by atoms with Crippen LogP contribution in [0.1, 0.15) is 20.8 Å². The molecule has 2 N–H and O–H groups in total. The number of nitrogen functional groups attached to an aromatic ring is 1. The lowest BCUT2D eigenvalue weighted by Gasteiger charge is -2.45. The summed E-state index contributed by atoms with van der Waals surface area (Å²) in [6, 6.07) is 10.8. The highest BCUT2D eigenvalue weighted by atomic mass is 19.3. The number of nitrogens with zero attached hydrogens (tertiary/aromatic N) is 7. The molecule has 192 valence electrons. The van der Waals surface area contributed by atoms with Gasteiger partial charge in [-0.1, -0.05) is 12.1 Å². The lowest BCUT2D eigenvalue weighted by molar-refractivity contribution is -0.145. The van der Waals surface area contributed by atoms with E-state index < -0.39 is 18.5 Å². The van der Waals surface area contributed by atoms with Crippen LogP contribution >= 0.6 is 0 Å². The first-order chi connectivity index (χ1) is 17.6. The van der Waals surface area contributed by atoms with E-state index in [0.29, 0.717) is 41.2 Å². The Morgan fingerprint density at radius 2 is 1.92 bits per heavy atom. The van der Waals surface area contributed by atoms with Crippen molar-refractivity contribution in [3.63, 3.8) is 0 Å². The first kappa shape index (κ1) is 24.3. The topological polar surface area (TPSA) is 115 Å². The average Bonchev–Trinajstić information content (AvgIpc) is 3.45. The van der Waals surface area contributed by atoms with Crippen LogP contribution in [0.25, 0.3) is 28.0 Å². The number of carbonyl (C=O) groups is 2. The highest BCUT2D eigenvalue weighted by Crippen LogP contribution is 2.36. The number of rotatable bonds is 5. The molecule has 0 spiro atoms. The van der Waals surface area contributed by atoms with Crippen molar-refractivity contribution in [2.45, 2.75) is 39.3 Å². The standard InChI is InChI=1S/C25H26F2N8O2/c1-15(36)33-10-9-32(24(37)25(33,2)3)17-6-4-5-16(11-17)20-12-18(22-23(28)29-14-31-35(20)22)19-7-8-30-34(19)13-21(26)27/h4-8,11-12,14,21H,9-10,13H2,1-3H3,(H2,28,29,31). The number of alkyl halides is 2. The maximum atomic E-state index is 13.4. The second-order valence-electron chi connectivity index (χ2n) is 9.38. The Balaban J connectivity index is 1.60. The largest absolute Gasteiger partial charge is 0.382 e. The number of carbonyl (C=O) groups excluding carboxylic acids is 2. The van der Waals surface area contributed by atoms with Crippen LogP contribution in [-0.4, -0.2) is 66.1 Å². The van der Waals surface area contributed by atoms with Gasteiger partial charge in [0.15, 0.2) is 5.82 Å². The SMILES string of the molecule is CC(=O)N1CCN(c2cccc(-c3cc(-c4ccnn4CC(F)F)c4c(N)ncnn34)c2)C(=O)C1(C)C. The van der Waals surface area contributed by atoms with Gasteiger partial charge in [0.05, 0.1) is 11.4 Å². The van der Waals surface area contributed by atoms with Crippen molar-refractivity contribution in [2.75, 3.05) is 23.7 Å². The van der Waals surface area contributed by atoms with Gasteiger partial charge in [0.2, 0.25) is 5.91 Å². The molecule has 12 heteroatoms. The van der Waals surface area contributed by atoms with Crippen LogP contribution in [0.2, 0.25) is 0 Å². The third kappa shape index (κ3) is 4.07. The van der Waals surface area contributed by atoms with Crippen LogP contribution in [0, 0.1) is 0 Å². The van der Waals surface area contributed by atoms with E-state index >= 15 is 0 Å². The Labute approximate surface area is 211 Å². The fourth-order valence-electron chi connectivity index (χ4n) is 4.96. The third-order valence-electron chi connectivity index (χ3n) is 6.71. The van der Waals surface area contributed by atoms with Gasteiger partial charge in [-0.15, -0.1) is 0 Å². The van der Waals surface area contributed by atoms with Gasteiger partial charge in [-0.05, 0) is 38.1 Å². The van der Waals surface area contributed by atoms with Gasteiger partial charge in [0.1, 0.15) is 23.9 Å². The number of benzene rings is 1. The average molecular weight is 509 g/mol. The van der Waals surface area contributed by atoms with Crippen LogP contribution in [0.4, 0.5) is 20.3 Å². The molecular weight excluding hydrogens is 482 g/mol. The Kier molecular flexibility index (Phi) is 5.89. The summed E-state index contributed by atoms with van der Waals surface area (Å²) in [7, 11) is 0. The summed E-state index contributed by atoms with van der Waals surface area (Å²) in [5.74, 6) is -0.147.